The van der Waals surface area contributed by atoms with E-state index in [2.05, 4.69) is 12.0 Å². The molecular formula is C13H20N2O2. The number of hydrogen-bond donors (Lipinski definition) is 1. The number of carboxylic acid groups (broad SMARTS) is 1. The third-order valence-corrected chi connectivity index (χ3v) is 4.03. The monoisotopic (exact) mass is 236 g/mol. The van der Waals surface area contributed by atoms with Crippen molar-refractivity contribution in [3.05, 3.63) is 18.0 Å². The van der Waals surface area contributed by atoms with Crippen LogP contribution >= 0.6 is 0 Å². The molecule has 2 rings (SSSR count). The third-order valence-electron chi connectivity index (χ3n) is 4.03. The zero-order valence-corrected chi connectivity index (χ0v) is 10.5. The highest BCUT2D eigenvalue weighted by Crippen LogP contribution is 2.45. The summed E-state index contributed by atoms with van der Waals surface area (Å²) < 4.78 is 1.73. The van der Waals surface area contributed by atoms with Crippen LogP contribution in [0.25, 0.3) is 0 Å². The van der Waals surface area contributed by atoms with Gasteiger partial charge in [-0.25, -0.2) is 0 Å². The summed E-state index contributed by atoms with van der Waals surface area (Å²) in [5.74, 6) is -0.0890. The molecule has 0 aromatic carbocycles. The van der Waals surface area contributed by atoms with Crippen molar-refractivity contribution in [3.8, 4) is 0 Å². The molecular weight excluding hydrogens is 216 g/mol. The number of aliphatic carboxylic acids is 1. The quantitative estimate of drug-likeness (QED) is 0.872. The van der Waals surface area contributed by atoms with Crippen LogP contribution < -0.4 is 0 Å². The van der Waals surface area contributed by atoms with Crippen molar-refractivity contribution in [3.63, 3.8) is 0 Å². The number of aromatic nitrogens is 2. The lowest BCUT2D eigenvalue weighted by Gasteiger charge is -2.23. The first-order chi connectivity index (χ1) is 8.05. The minimum Gasteiger partial charge on any atom is -0.481 e. The van der Waals surface area contributed by atoms with Crippen molar-refractivity contribution in [2.75, 3.05) is 0 Å². The molecule has 2 atom stereocenters. The van der Waals surface area contributed by atoms with Crippen LogP contribution in [0.2, 0.25) is 0 Å². The van der Waals surface area contributed by atoms with E-state index < -0.39 is 11.4 Å². The van der Waals surface area contributed by atoms with Gasteiger partial charge in [0.1, 0.15) is 0 Å². The molecule has 1 aliphatic rings. The standard InChI is InChI=1S/C13H20N2O2/c1-3-10-4-6-13(8-10,12(16)17)9-11-5-7-15(2)14-11/h5,7,10H,3-4,6,8-9H2,1-2H3,(H,16,17). The maximum Gasteiger partial charge on any atom is 0.310 e. The van der Waals surface area contributed by atoms with Crippen LogP contribution in [-0.4, -0.2) is 20.9 Å². The Hall–Kier alpha value is -1.32. The number of hydrogen-bond acceptors (Lipinski definition) is 2. The highest BCUT2D eigenvalue weighted by atomic mass is 16.4. The highest BCUT2D eigenvalue weighted by molar-refractivity contribution is 5.75. The lowest BCUT2D eigenvalue weighted by Crippen LogP contribution is -2.31. The number of nitrogens with zero attached hydrogens (tertiary/aromatic N) is 2. The van der Waals surface area contributed by atoms with E-state index in [4.69, 9.17) is 0 Å². The van der Waals surface area contributed by atoms with Gasteiger partial charge in [0.05, 0.1) is 11.1 Å². The Morgan fingerprint density at radius 3 is 2.94 bits per heavy atom. The molecule has 4 heteroatoms. The summed E-state index contributed by atoms with van der Waals surface area (Å²) >= 11 is 0. The summed E-state index contributed by atoms with van der Waals surface area (Å²) in [5.41, 5.74) is 0.321. The van der Waals surface area contributed by atoms with E-state index in [0.29, 0.717) is 12.3 Å². The van der Waals surface area contributed by atoms with Gasteiger partial charge in [0.15, 0.2) is 0 Å². The third kappa shape index (κ3) is 2.35. The van der Waals surface area contributed by atoms with Gasteiger partial charge in [-0.1, -0.05) is 13.3 Å². The van der Waals surface area contributed by atoms with Crippen LogP contribution in [0.15, 0.2) is 12.3 Å². The van der Waals surface area contributed by atoms with Crippen molar-refractivity contribution in [1.82, 2.24) is 9.78 Å². The van der Waals surface area contributed by atoms with Crippen LogP contribution in [0.5, 0.6) is 0 Å². The molecule has 17 heavy (non-hydrogen) atoms. The van der Waals surface area contributed by atoms with Crippen molar-refractivity contribution in [2.45, 2.75) is 39.0 Å². The fraction of sp³-hybridized carbons (Fsp3) is 0.692. The first-order valence-electron chi connectivity index (χ1n) is 6.27. The second-order valence-corrected chi connectivity index (χ2v) is 5.26. The lowest BCUT2D eigenvalue weighted by molar-refractivity contribution is -0.148. The largest absolute Gasteiger partial charge is 0.481 e. The van der Waals surface area contributed by atoms with E-state index in [1.807, 2.05) is 19.3 Å². The Bertz CT molecular complexity index is 413. The second kappa shape index (κ2) is 4.51. The molecule has 94 valence electrons. The predicted octanol–water partition coefficient (Wildman–Crippen LogP) is 2.24. The molecule has 2 unspecified atom stereocenters. The molecule has 1 heterocycles. The fourth-order valence-electron chi connectivity index (χ4n) is 2.92. The molecule has 1 aromatic rings. The minimum absolute atomic E-state index is 0.565. The molecule has 0 spiro atoms. The molecule has 0 bridgehead atoms. The van der Waals surface area contributed by atoms with Gasteiger partial charge in [-0.3, -0.25) is 9.48 Å². The zero-order chi connectivity index (χ0) is 12.5. The first-order valence-corrected chi connectivity index (χ1v) is 6.27. The lowest BCUT2D eigenvalue weighted by atomic mass is 9.80. The first kappa shape index (κ1) is 12.1. The van der Waals surface area contributed by atoms with Crippen LogP contribution in [0.3, 0.4) is 0 Å². The van der Waals surface area contributed by atoms with Crippen LogP contribution in [-0.2, 0) is 18.3 Å². The average molecular weight is 236 g/mol. The SMILES string of the molecule is CCC1CCC(Cc2ccn(C)n2)(C(=O)O)C1. The molecule has 1 saturated carbocycles. The normalized spacial score (nSPS) is 28.5. The summed E-state index contributed by atoms with van der Waals surface area (Å²) in [4.78, 5) is 11.6. The van der Waals surface area contributed by atoms with Crippen LogP contribution in [0.1, 0.15) is 38.3 Å². The molecule has 0 saturated heterocycles. The minimum atomic E-state index is -0.654. The average Bonchev–Trinajstić information content (AvgIpc) is 2.87. The molecule has 1 aromatic heterocycles. The van der Waals surface area contributed by atoms with Gasteiger partial charge in [-0.2, -0.15) is 5.10 Å². The van der Waals surface area contributed by atoms with Crippen LogP contribution in [0, 0.1) is 11.3 Å². The molecule has 4 nitrogen and oxygen atoms in total. The molecule has 1 fully saturated rings. The van der Waals surface area contributed by atoms with E-state index in [9.17, 15) is 9.90 Å². The number of carboxylic acids is 1. The van der Waals surface area contributed by atoms with Crippen molar-refractivity contribution in [1.29, 1.82) is 0 Å². The topological polar surface area (TPSA) is 55.1 Å². The van der Waals surface area contributed by atoms with Gasteiger partial charge >= 0.3 is 5.97 Å². The smallest absolute Gasteiger partial charge is 0.310 e. The van der Waals surface area contributed by atoms with Crippen LogP contribution in [0.4, 0.5) is 0 Å². The maximum absolute atomic E-state index is 11.6. The molecule has 0 radical (unpaired) electrons. The highest BCUT2D eigenvalue weighted by Gasteiger charge is 2.45. The van der Waals surface area contributed by atoms with Gasteiger partial charge in [-0.15, -0.1) is 0 Å². The van der Waals surface area contributed by atoms with E-state index in [1.54, 1.807) is 4.68 Å². The van der Waals surface area contributed by atoms with Gasteiger partial charge in [0.2, 0.25) is 0 Å². The molecule has 0 aliphatic heterocycles. The van der Waals surface area contributed by atoms with E-state index >= 15 is 0 Å². The summed E-state index contributed by atoms with van der Waals surface area (Å²) in [6.45, 7) is 2.14. The van der Waals surface area contributed by atoms with Gasteiger partial charge in [0, 0.05) is 19.7 Å². The van der Waals surface area contributed by atoms with Crippen molar-refractivity contribution < 1.29 is 9.90 Å². The summed E-state index contributed by atoms with van der Waals surface area (Å²) in [6, 6.07) is 1.92. The summed E-state index contributed by atoms with van der Waals surface area (Å²) in [7, 11) is 1.86. The van der Waals surface area contributed by atoms with E-state index in [-0.39, 0.29) is 0 Å². The van der Waals surface area contributed by atoms with E-state index in [1.165, 1.54) is 0 Å². The molecule has 0 amide bonds. The predicted molar refractivity (Wildman–Crippen MR) is 64.6 cm³/mol. The Balaban J connectivity index is 2.16. The Morgan fingerprint density at radius 1 is 1.71 bits per heavy atom. The Labute approximate surface area is 102 Å². The fourth-order valence-corrected chi connectivity index (χ4v) is 2.92. The van der Waals surface area contributed by atoms with Gasteiger partial charge < -0.3 is 5.11 Å². The second-order valence-electron chi connectivity index (χ2n) is 5.26. The number of rotatable bonds is 4. The number of aryl methyl sites for hydroxylation is 1. The van der Waals surface area contributed by atoms with E-state index in [0.717, 1.165) is 31.4 Å². The maximum atomic E-state index is 11.6. The van der Waals surface area contributed by atoms with Gasteiger partial charge in [-0.05, 0) is 31.2 Å². The molecule has 1 N–H and O–H groups in total. The van der Waals surface area contributed by atoms with Crippen molar-refractivity contribution >= 4 is 5.97 Å². The Kier molecular flexibility index (Phi) is 3.22. The zero-order valence-electron chi connectivity index (χ0n) is 10.5. The summed E-state index contributed by atoms with van der Waals surface area (Å²) in [5, 5.41) is 13.8. The molecule has 1 aliphatic carbocycles. The number of carbonyl (C=O) groups is 1. The van der Waals surface area contributed by atoms with Gasteiger partial charge in [0.25, 0.3) is 0 Å². The van der Waals surface area contributed by atoms with Crippen molar-refractivity contribution in [2.24, 2.45) is 18.4 Å². The Morgan fingerprint density at radius 2 is 2.47 bits per heavy atom. The summed E-state index contributed by atoms with van der Waals surface area (Å²) in [6.07, 6.45) is 6.15.